The molecule has 88 valence electrons. The van der Waals surface area contributed by atoms with E-state index in [0.29, 0.717) is 5.75 Å². The van der Waals surface area contributed by atoms with Crippen LogP contribution in [0.3, 0.4) is 0 Å². The molecule has 1 N–H and O–H groups in total. The lowest BCUT2D eigenvalue weighted by molar-refractivity contribution is 0.130. The summed E-state index contributed by atoms with van der Waals surface area (Å²) in [5.41, 5.74) is 0.831. The third kappa shape index (κ3) is 3.16. The highest BCUT2D eigenvalue weighted by molar-refractivity contribution is 5.40. The Balaban J connectivity index is 2.14. The standard InChI is InChI=1S/C14H20O2/c1-14(2,3)16-12-6-7-13(15)11(9-12)8-10-4-5-10/h6-7,9-10,15H,4-5,8H2,1-3H3. The normalized spacial score (nSPS) is 16.2. The molecule has 1 fully saturated rings. The van der Waals surface area contributed by atoms with Crippen molar-refractivity contribution in [1.82, 2.24) is 0 Å². The zero-order valence-corrected chi connectivity index (χ0v) is 10.3. The first kappa shape index (κ1) is 11.3. The fourth-order valence-electron chi connectivity index (χ4n) is 1.78. The lowest BCUT2D eigenvalue weighted by atomic mass is 10.1. The molecule has 0 aliphatic heterocycles. The molecule has 1 aliphatic rings. The van der Waals surface area contributed by atoms with Gasteiger partial charge < -0.3 is 9.84 Å². The topological polar surface area (TPSA) is 29.5 Å². The van der Waals surface area contributed by atoms with Gasteiger partial charge in [-0.25, -0.2) is 0 Å². The van der Waals surface area contributed by atoms with E-state index in [-0.39, 0.29) is 5.60 Å². The van der Waals surface area contributed by atoms with Crippen molar-refractivity contribution in [1.29, 1.82) is 0 Å². The van der Waals surface area contributed by atoms with Crippen LogP contribution >= 0.6 is 0 Å². The third-order valence-corrected chi connectivity index (χ3v) is 2.68. The molecule has 1 aromatic carbocycles. The molecule has 0 heterocycles. The van der Waals surface area contributed by atoms with Crippen LogP contribution in [0, 0.1) is 5.92 Å². The summed E-state index contributed by atoms with van der Waals surface area (Å²) in [5, 5.41) is 9.75. The predicted molar refractivity (Wildman–Crippen MR) is 64.9 cm³/mol. The summed E-state index contributed by atoms with van der Waals surface area (Å²) in [6.45, 7) is 6.08. The summed E-state index contributed by atoms with van der Waals surface area (Å²) in [4.78, 5) is 0. The number of hydrogen-bond donors (Lipinski definition) is 1. The van der Waals surface area contributed by atoms with Crippen molar-refractivity contribution in [2.24, 2.45) is 5.92 Å². The molecule has 0 spiro atoms. The highest BCUT2D eigenvalue weighted by Gasteiger charge is 2.23. The Morgan fingerprint density at radius 1 is 1.31 bits per heavy atom. The molecule has 1 aromatic rings. The number of hydrogen-bond acceptors (Lipinski definition) is 2. The van der Waals surface area contributed by atoms with E-state index in [1.165, 1.54) is 12.8 Å². The first-order valence-electron chi connectivity index (χ1n) is 5.95. The summed E-state index contributed by atoms with van der Waals surface area (Å²) in [6, 6.07) is 5.54. The highest BCUT2D eigenvalue weighted by atomic mass is 16.5. The molecule has 1 saturated carbocycles. The number of phenolic OH excluding ortho intramolecular Hbond substituents is 1. The summed E-state index contributed by atoms with van der Waals surface area (Å²) in [7, 11) is 0. The van der Waals surface area contributed by atoms with Crippen molar-refractivity contribution in [3.05, 3.63) is 23.8 Å². The second kappa shape index (κ2) is 4.00. The van der Waals surface area contributed by atoms with Gasteiger partial charge in [-0.2, -0.15) is 0 Å². The van der Waals surface area contributed by atoms with Crippen LogP contribution in [0.4, 0.5) is 0 Å². The van der Waals surface area contributed by atoms with Gasteiger partial charge in [-0.1, -0.05) is 0 Å². The molecule has 16 heavy (non-hydrogen) atoms. The van der Waals surface area contributed by atoms with Gasteiger partial charge in [0.1, 0.15) is 17.1 Å². The summed E-state index contributed by atoms with van der Waals surface area (Å²) in [5.74, 6) is 2.02. The molecule has 2 heteroatoms. The largest absolute Gasteiger partial charge is 0.508 e. The van der Waals surface area contributed by atoms with Crippen LogP contribution < -0.4 is 4.74 Å². The van der Waals surface area contributed by atoms with E-state index >= 15 is 0 Å². The Morgan fingerprint density at radius 3 is 2.56 bits per heavy atom. The average Bonchev–Trinajstić information content (AvgIpc) is 2.92. The minimum atomic E-state index is -0.187. The smallest absolute Gasteiger partial charge is 0.120 e. The van der Waals surface area contributed by atoms with Crippen molar-refractivity contribution in [2.45, 2.75) is 45.6 Å². The molecule has 0 atom stereocenters. The lowest BCUT2D eigenvalue weighted by Gasteiger charge is -2.21. The first-order valence-corrected chi connectivity index (χ1v) is 5.95. The third-order valence-electron chi connectivity index (χ3n) is 2.68. The fourth-order valence-corrected chi connectivity index (χ4v) is 1.78. The van der Waals surface area contributed by atoms with Gasteiger partial charge in [0.15, 0.2) is 0 Å². The van der Waals surface area contributed by atoms with Gasteiger partial charge in [-0.3, -0.25) is 0 Å². The SMILES string of the molecule is CC(C)(C)Oc1ccc(O)c(CC2CC2)c1. The molecule has 2 nitrogen and oxygen atoms in total. The molecule has 0 unspecified atom stereocenters. The Bertz CT molecular complexity index is 373. The Kier molecular flexibility index (Phi) is 2.83. The molecule has 2 rings (SSSR count). The van der Waals surface area contributed by atoms with Gasteiger partial charge in [0.25, 0.3) is 0 Å². The zero-order chi connectivity index (χ0) is 11.8. The minimum Gasteiger partial charge on any atom is -0.508 e. The minimum absolute atomic E-state index is 0.187. The van der Waals surface area contributed by atoms with Gasteiger partial charge in [-0.05, 0) is 69.7 Å². The van der Waals surface area contributed by atoms with Crippen LogP contribution in [0.2, 0.25) is 0 Å². The van der Waals surface area contributed by atoms with Gasteiger partial charge in [0, 0.05) is 0 Å². The molecular formula is C14H20O2. The second-order valence-electron chi connectivity index (χ2n) is 5.65. The maximum absolute atomic E-state index is 9.75. The second-order valence-corrected chi connectivity index (χ2v) is 5.65. The van der Waals surface area contributed by atoms with Crippen LogP contribution in [0.15, 0.2) is 18.2 Å². The Morgan fingerprint density at radius 2 is 2.00 bits per heavy atom. The van der Waals surface area contributed by atoms with Crippen LogP contribution in [-0.4, -0.2) is 10.7 Å². The summed E-state index contributed by atoms with van der Waals surface area (Å²) >= 11 is 0. The predicted octanol–water partition coefficient (Wildman–Crippen LogP) is 3.52. The number of aromatic hydroxyl groups is 1. The first-order chi connectivity index (χ1) is 7.44. The summed E-state index contributed by atoms with van der Waals surface area (Å²) < 4.78 is 5.79. The van der Waals surface area contributed by atoms with E-state index in [2.05, 4.69) is 0 Å². The summed E-state index contributed by atoms with van der Waals surface area (Å²) in [6.07, 6.45) is 3.57. The Hall–Kier alpha value is -1.18. The zero-order valence-electron chi connectivity index (χ0n) is 10.3. The average molecular weight is 220 g/mol. The molecule has 0 aromatic heterocycles. The van der Waals surface area contributed by atoms with Gasteiger partial charge in [-0.15, -0.1) is 0 Å². The van der Waals surface area contributed by atoms with Gasteiger partial charge in [0.05, 0.1) is 0 Å². The molecular weight excluding hydrogens is 200 g/mol. The van der Waals surface area contributed by atoms with E-state index in [9.17, 15) is 5.11 Å². The van der Waals surface area contributed by atoms with Crippen LogP contribution in [0.25, 0.3) is 0 Å². The van der Waals surface area contributed by atoms with E-state index < -0.39 is 0 Å². The van der Waals surface area contributed by atoms with Crippen molar-refractivity contribution < 1.29 is 9.84 Å². The van der Waals surface area contributed by atoms with Crippen molar-refractivity contribution in [3.63, 3.8) is 0 Å². The lowest BCUT2D eigenvalue weighted by Crippen LogP contribution is -2.22. The molecule has 0 radical (unpaired) electrons. The molecule has 1 aliphatic carbocycles. The van der Waals surface area contributed by atoms with Crippen LogP contribution in [-0.2, 0) is 6.42 Å². The van der Waals surface area contributed by atoms with Crippen LogP contribution in [0.5, 0.6) is 11.5 Å². The molecule has 0 bridgehead atoms. The Labute approximate surface area is 97.3 Å². The van der Waals surface area contributed by atoms with Crippen molar-refractivity contribution in [2.75, 3.05) is 0 Å². The fraction of sp³-hybridized carbons (Fsp3) is 0.571. The maximum atomic E-state index is 9.75. The molecule has 0 saturated heterocycles. The van der Waals surface area contributed by atoms with Gasteiger partial charge in [0.2, 0.25) is 0 Å². The van der Waals surface area contributed by atoms with Crippen LogP contribution in [0.1, 0.15) is 39.2 Å². The molecule has 0 amide bonds. The van der Waals surface area contributed by atoms with E-state index in [0.717, 1.165) is 23.7 Å². The van der Waals surface area contributed by atoms with Crippen molar-refractivity contribution in [3.8, 4) is 11.5 Å². The number of benzene rings is 1. The van der Waals surface area contributed by atoms with Crippen molar-refractivity contribution >= 4 is 0 Å². The number of phenols is 1. The quantitative estimate of drug-likeness (QED) is 0.844. The maximum Gasteiger partial charge on any atom is 0.120 e. The monoisotopic (exact) mass is 220 g/mol. The number of ether oxygens (including phenoxy) is 1. The van der Waals surface area contributed by atoms with E-state index in [4.69, 9.17) is 4.74 Å². The van der Waals surface area contributed by atoms with E-state index in [1.54, 1.807) is 6.07 Å². The highest BCUT2D eigenvalue weighted by Crippen LogP contribution is 2.36. The van der Waals surface area contributed by atoms with Gasteiger partial charge >= 0.3 is 0 Å². The van der Waals surface area contributed by atoms with E-state index in [1.807, 2.05) is 32.9 Å². The number of rotatable bonds is 3.